The number of carbonyl (C=O) groups excluding carboxylic acids is 1. The molecule has 0 radical (unpaired) electrons. The first-order chi connectivity index (χ1) is 11.8. The predicted octanol–water partition coefficient (Wildman–Crippen LogP) is 1.18. The zero-order valence-corrected chi connectivity index (χ0v) is 15.7. The van der Waals surface area contributed by atoms with Crippen molar-refractivity contribution >= 4 is 29.3 Å². The molecular formula is C17H24ClNO7. The predicted molar refractivity (Wildman–Crippen MR) is 95.4 cm³/mol. The van der Waals surface area contributed by atoms with E-state index in [1.807, 2.05) is 27.7 Å². The van der Waals surface area contributed by atoms with E-state index in [1.54, 1.807) is 24.3 Å². The molecule has 1 rings (SSSR count). The molecule has 0 aliphatic heterocycles. The molecule has 5 N–H and O–H groups in total. The molecule has 0 aliphatic rings. The van der Waals surface area contributed by atoms with Crippen molar-refractivity contribution in [1.29, 1.82) is 0 Å². The van der Waals surface area contributed by atoms with Crippen LogP contribution in [0.15, 0.2) is 24.3 Å². The molecule has 8 nitrogen and oxygen atoms in total. The number of ketones is 1. The Kier molecular flexibility index (Phi) is 9.44. The Balaban J connectivity index is 0.000000541. The second-order valence-electron chi connectivity index (χ2n) is 6.56. The van der Waals surface area contributed by atoms with Crippen molar-refractivity contribution < 1.29 is 34.8 Å². The molecule has 0 spiro atoms. The number of aliphatic hydroxyl groups excluding tert-OH is 2. The lowest BCUT2D eigenvalue weighted by atomic mass is 10.0. The molecule has 146 valence electrons. The lowest BCUT2D eigenvalue weighted by molar-refractivity contribution is -0.165. The lowest BCUT2D eigenvalue weighted by Gasteiger charge is -2.25. The van der Waals surface area contributed by atoms with Gasteiger partial charge in [0.25, 0.3) is 0 Å². The highest BCUT2D eigenvalue weighted by Crippen LogP contribution is 2.13. The topological polar surface area (TPSA) is 144 Å². The highest BCUT2D eigenvalue weighted by molar-refractivity contribution is 6.31. The molecule has 0 bridgehead atoms. The summed E-state index contributed by atoms with van der Waals surface area (Å²) >= 11 is 5.85. The van der Waals surface area contributed by atoms with Crippen LogP contribution in [0.1, 0.15) is 38.1 Å². The van der Waals surface area contributed by atoms with Gasteiger partial charge >= 0.3 is 11.9 Å². The van der Waals surface area contributed by atoms with Crippen molar-refractivity contribution in [1.82, 2.24) is 5.32 Å². The Morgan fingerprint density at radius 3 is 1.85 bits per heavy atom. The first-order valence-corrected chi connectivity index (χ1v) is 8.03. The van der Waals surface area contributed by atoms with Crippen LogP contribution in [-0.2, 0) is 9.59 Å². The minimum atomic E-state index is -2.27. The van der Waals surface area contributed by atoms with Gasteiger partial charge in [-0.25, -0.2) is 9.59 Å². The summed E-state index contributed by atoms with van der Waals surface area (Å²) in [7, 11) is 0. The number of carbonyl (C=O) groups is 3. The number of carboxylic acid groups (broad SMARTS) is 2. The minimum absolute atomic E-state index is 0.0671. The van der Waals surface area contributed by atoms with E-state index in [4.69, 9.17) is 32.0 Å². The van der Waals surface area contributed by atoms with E-state index in [0.29, 0.717) is 10.6 Å². The maximum Gasteiger partial charge on any atom is 0.335 e. The average Bonchev–Trinajstić information content (AvgIpc) is 2.51. The fraction of sp³-hybridized carbons (Fsp3) is 0.471. The van der Waals surface area contributed by atoms with Crippen LogP contribution in [0.5, 0.6) is 0 Å². The van der Waals surface area contributed by atoms with Crippen molar-refractivity contribution in [3.8, 4) is 0 Å². The van der Waals surface area contributed by atoms with E-state index >= 15 is 0 Å². The Labute approximate surface area is 156 Å². The molecule has 0 heterocycles. The zero-order valence-electron chi connectivity index (χ0n) is 14.9. The van der Waals surface area contributed by atoms with Gasteiger partial charge in [-0.2, -0.15) is 0 Å². The molecule has 0 amide bonds. The monoisotopic (exact) mass is 389 g/mol. The number of aliphatic carboxylic acids is 2. The van der Waals surface area contributed by atoms with Crippen molar-refractivity contribution in [3.05, 3.63) is 34.9 Å². The van der Waals surface area contributed by atoms with Gasteiger partial charge in [-0.05, 0) is 39.8 Å². The number of carboxylic acids is 2. The van der Waals surface area contributed by atoms with Gasteiger partial charge in [0.05, 0.1) is 6.04 Å². The maximum absolute atomic E-state index is 12.1. The van der Waals surface area contributed by atoms with E-state index in [9.17, 15) is 14.4 Å². The number of benzene rings is 1. The maximum atomic E-state index is 12.1. The van der Waals surface area contributed by atoms with Gasteiger partial charge < -0.3 is 25.7 Å². The fourth-order valence-corrected chi connectivity index (χ4v) is 2.07. The number of nitrogens with one attached hydrogen (secondary N) is 1. The molecule has 0 aliphatic carbocycles. The van der Waals surface area contributed by atoms with Crippen LogP contribution in [-0.4, -0.2) is 61.9 Å². The highest BCUT2D eigenvalue weighted by Gasteiger charge is 2.29. The molecule has 26 heavy (non-hydrogen) atoms. The van der Waals surface area contributed by atoms with Crippen LogP contribution in [0.4, 0.5) is 0 Å². The van der Waals surface area contributed by atoms with E-state index in [1.165, 1.54) is 0 Å². The molecule has 3 atom stereocenters. The highest BCUT2D eigenvalue weighted by atomic mass is 35.5. The van der Waals surface area contributed by atoms with Crippen LogP contribution < -0.4 is 5.32 Å². The van der Waals surface area contributed by atoms with Gasteiger partial charge in [-0.15, -0.1) is 0 Å². The summed E-state index contributed by atoms with van der Waals surface area (Å²) in [6, 6.07) is 6.83. The average molecular weight is 390 g/mol. The number of rotatable bonds is 6. The number of hydrogen-bond acceptors (Lipinski definition) is 6. The van der Waals surface area contributed by atoms with E-state index in [-0.39, 0.29) is 17.4 Å². The molecule has 1 aromatic carbocycles. The van der Waals surface area contributed by atoms with Crippen molar-refractivity contribution in [2.45, 2.75) is 51.5 Å². The standard InChI is InChI=1S/C13H18ClNO.C4H6O6/c1-9(15-13(2,3)4)12(16)10-6-5-7-11(14)8-10;5-1(3(7)8)2(6)4(9)10/h5-9,15H,1-4H3;1-2,5-6H,(H,7,8)(H,9,10)/t9-;1-,2-/m10/s1. The molecule has 0 unspecified atom stereocenters. The first-order valence-electron chi connectivity index (χ1n) is 7.65. The summed E-state index contributed by atoms with van der Waals surface area (Å²) in [5, 5.41) is 36.4. The van der Waals surface area contributed by atoms with E-state index in [0.717, 1.165) is 0 Å². The lowest BCUT2D eigenvalue weighted by Crippen LogP contribution is -2.46. The third-order valence-corrected chi connectivity index (χ3v) is 3.19. The van der Waals surface area contributed by atoms with Gasteiger partial charge in [0, 0.05) is 16.1 Å². The van der Waals surface area contributed by atoms with E-state index < -0.39 is 24.1 Å². The number of Topliss-reactive ketones (excluding diaryl/α,β-unsaturated/α-hetero) is 1. The van der Waals surface area contributed by atoms with Crippen molar-refractivity contribution in [3.63, 3.8) is 0 Å². The van der Waals surface area contributed by atoms with Crippen LogP contribution >= 0.6 is 11.6 Å². The zero-order chi connectivity index (χ0) is 20.7. The number of hydrogen-bond donors (Lipinski definition) is 5. The molecule has 0 saturated heterocycles. The summed E-state index contributed by atoms with van der Waals surface area (Å²) in [5.41, 5.74) is 0.574. The second kappa shape index (κ2) is 10.2. The second-order valence-corrected chi connectivity index (χ2v) is 6.99. The molecule has 9 heteroatoms. The summed E-state index contributed by atoms with van der Waals surface area (Å²) in [4.78, 5) is 31.6. The van der Waals surface area contributed by atoms with Crippen molar-refractivity contribution in [2.75, 3.05) is 0 Å². The van der Waals surface area contributed by atoms with Gasteiger partial charge in [-0.3, -0.25) is 4.79 Å². The molecule has 0 saturated carbocycles. The molecular weight excluding hydrogens is 366 g/mol. The van der Waals surface area contributed by atoms with Gasteiger partial charge in [0.15, 0.2) is 18.0 Å². The Bertz CT molecular complexity index is 624. The summed E-state index contributed by atoms with van der Waals surface area (Å²) in [5.74, 6) is -3.47. The summed E-state index contributed by atoms with van der Waals surface area (Å²) < 4.78 is 0. The molecule has 1 aromatic rings. The fourth-order valence-electron chi connectivity index (χ4n) is 1.88. The summed E-state index contributed by atoms with van der Waals surface area (Å²) in [6.07, 6.45) is -4.53. The van der Waals surface area contributed by atoms with Crippen molar-refractivity contribution in [2.24, 2.45) is 0 Å². The molecule has 0 fully saturated rings. The first kappa shape index (κ1) is 24.0. The smallest absolute Gasteiger partial charge is 0.335 e. The Hall–Kier alpha value is -2.00. The molecule has 0 aromatic heterocycles. The Morgan fingerprint density at radius 2 is 1.50 bits per heavy atom. The van der Waals surface area contributed by atoms with Gasteiger partial charge in [0.2, 0.25) is 0 Å². The largest absolute Gasteiger partial charge is 0.479 e. The number of halogens is 1. The quantitative estimate of drug-likeness (QED) is 0.456. The minimum Gasteiger partial charge on any atom is -0.479 e. The van der Waals surface area contributed by atoms with Gasteiger partial charge in [0.1, 0.15) is 0 Å². The number of aliphatic hydroxyl groups is 2. The SMILES string of the molecule is C[C@@H](NC(C)(C)C)C(=O)c1cccc(Cl)c1.O=C(O)[C@@H](O)[C@H](O)C(=O)O. The van der Waals surface area contributed by atoms with Crippen LogP contribution in [0, 0.1) is 0 Å². The van der Waals surface area contributed by atoms with Crippen LogP contribution in [0.25, 0.3) is 0 Å². The summed E-state index contributed by atoms with van der Waals surface area (Å²) in [6.45, 7) is 7.98. The third kappa shape index (κ3) is 8.91. The third-order valence-electron chi connectivity index (χ3n) is 2.96. The van der Waals surface area contributed by atoms with Crippen LogP contribution in [0.2, 0.25) is 5.02 Å². The normalized spacial score (nSPS) is 14.4. The Morgan fingerprint density at radius 1 is 1.04 bits per heavy atom. The van der Waals surface area contributed by atoms with Gasteiger partial charge in [-0.1, -0.05) is 23.7 Å². The van der Waals surface area contributed by atoms with Crippen LogP contribution in [0.3, 0.4) is 0 Å². The van der Waals surface area contributed by atoms with E-state index in [2.05, 4.69) is 5.32 Å².